The Labute approximate surface area is 136 Å². The highest BCUT2D eigenvalue weighted by Gasteiger charge is 2.28. The summed E-state index contributed by atoms with van der Waals surface area (Å²) in [5.41, 5.74) is 0.971. The monoisotopic (exact) mass is 342 g/mol. The first-order chi connectivity index (χ1) is 10.4. The van der Waals surface area contributed by atoms with Crippen molar-refractivity contribution in [3.05, 3.63) is 35.9 Å². The second kappa shape index (κ2) is 7.42. The highest BCUT2D eigenvalue weighted by atomic mass is 32.2. The maximum absolute atomic E-state index is 11.8. The smallest absolute Gasteiger partial charge is 0.161 e. The molecule has 2 rings (SSSR count). The molecule has 0 N–H and O–H groups in total. The van der Waals surface area contributed by atoms with Gasteiger partial charge in [0.15, 0.2) is 11.5 Å². The van der Waals surface area contributed by atoms with E-state index in [4.69, 9.17) is 9.47 Å². The van der Waals surface area contributed by atoms with Crippen LogP contribution in [0.1, 0.15) is 18.4 Å². The van der Waals surface area contributed by atoms with Crippen molar-refractivity contribution in [1.29, 1.82) is 0 Å². The summed E-state index contributed by atoms with van der Waals surface area (Å²) in [6.45, 7) is 2.45. The van der Waals surface area contributed by atoms with Crippen LogP contribution in [0.3, 0.4) is 0 Å². The van der Waals surface area contributed by atoms with Crippen LogP contribution < -0.4 is 9.47 Å². The SMILES string of the molecule is CCOc1cc(C(CS(C)(=O)=O)[C@H]2C=CCS2)ccc1OC. The number of benzene rings is 1. The lowest BCUT2D eigenvalue weighted by atomic mass is 9.96. The predicted molar refractivity (Wildman–Crippen MR) is 92.0 cm³/mol. The highest BCUT2D eigenvalue weighted by molar-refractivity contribution is 8.00. The Morgan fingerprint density at radius 2 is 2.14 bits per heavy atom. The molecule has 1 heterocycles. The van der Waals surface area contributed by atoms with Gasteiger partial charge in [0.1, 0.15) is 9.84 Å². The van der Waals surface area contributed by atoms with Crippen LogP contribution >= 0.6 is 11.8 Å². The Bertz CT molecular complexity index is 638. The molecule has 1 aromatic rings. The van der Waals surface area contributed by atoms with Gasteiger partial charge in [-0.3, -0.25) is 0 Å². The molecule has 0 fully saturated rings. The quantitative estimate of drug-likeness (QED) is 0.713. The lowest BCUT2D eigenvalue weighted by Crippen LogP contribution is -2.21. The van der Waals surface area contributed by atoms with Gasteiger partial charge in [0.25, 0.3) is 0 Å². The third-order valence-corrected chi connectivity index (χ3v) is 5.73. The van der Waals surface area contributed by atoms with E-state index in [2.05, 4.69) is 12.2 Å². The van der Waals surface area contributed by atoms with Gasteiger partial charge in [-0.25, -0.2) is 8.42 Å². The van der Waals surface area contributed by atoms with E-state index in [0.717, 1.165) is 11.3 Å². The van der Waals surface area contributed by atoms with Crippen LogP contribution in [0.5, 0.6) is 11.5 Å². The van der Waals surface area contributed by atoms with Crippen LogP contribution in [0.2, 0.25) is 0 Å². The molecular formula is C16H22O4S2. The Morgan fingerprint density at radius 3 is 2.68 bits per heavy atom. The number of methoxy groups -OCH3 is 1. The van der Waals surface area contributed by atoms with Gasteiger partial charge in [-0.2, -0.15) is 0 Å². The molecule has 122 valence electrons. The summed E-state index contributed by atoms with van der Waals surface area (Å²) in [6, 6.07) is 5.69. The van der Waals surface area contributed by atoms with Crippen LogP contribution in [-0.2, 0) is 9.84 Å². The molecule has 0 aliphatic carbocycles. The molecule has 2 atom stereocenters. The number of thioether (sulfide) groups is 1. The minimum absolute atomic E-state index is 0.0798. The van der Waals surface area contributed by atoms with E-state index in [9.17, 15) is 8.42 Å². The molecule has 0 bridgehead atoms. The van der Waals surface area contributed by atoms with E-state index in [1.807, 2.05) is 25.1 Å². The fourth-order valence-corrected chi connectivity index (χ4v) is 4.89. The van der Waals surface area contributed by atoms with Crippen molar-refractivity contribution in [3.63, 3.8) is 0 Å². The summed E-state index contributed by atoms with van der Waals surface area (Å²) in [5, 5.41) is 0.178. The van der Waals surface area contributed by atoms with Crippen LogP contribution in [-0.4, -0.2) is 45.1 Å². The van der Waals surface area contributed by atoms with E-state index >= 15 is 0 Å². The van der Waals surface area contributed by atoms with Gasteiger partial charge in [0, 0.05) is 23.2 Å². The molecule has 1 aliphatic heterocycles. The van der Waals surface area contributed by atoms with Crippen LogP contribution in [0.15, 0.2) is 30.4 Å². The number of hydrogen-bond donors (Lipinski definition) is 0. The van der Waals surface area contributed by atoms with Crippen LogP contribution in [0, 0.1) is 0 Å². The van der Waals surface area contributed by atoms with Crippen molar-refractivity contribution in [2.45, 2.75) is 18.1 Å². The molecule has 1 unspecified atom stereocenters. The summed E-state index contributed by atoms with van der Waals surface area (Å²) in [5.74, 6) is 2.31. The minimum Gasteiger partial charge on any atom is -0.493 e. The second-order valence-corrected chi connectivity index (χ2v) is 8.66. The molecule has 0 saturated heterocycles. The first kappa shape index (κ1) is 17.2. The largest absolute Gasteiger partial charge is 0.493 e. The zero-order valence-electron chi connectivity index (χ0n) is 13.1. The lowest BCUT2D eigenvalue weighted by molar-refractivity contribution is 0.310. The highest BCUT2D eigenvalue weighted by Crippen LogP contribution is 2.38. The predicted octanol–water partition coefficient (Wildman–Crippen LogP) is 2.89. The van der Waals surface area contributed by atoms with Crippen molar-refractivity contribution < 1.29 is 17.9 Å². The molecule has 1 aliphatic rings. The van der Waals surface area contributed by atoms with Crippen LogP contribution in [0.4, 0.5) is 0 Å². The topological polar surface area (TPSA) is 52.6 Å². The summed E-state index contributed by atoms with van der Waals surface area (Å²) < 4.78 is 34.5. The molecule has 6 heteroatoms. The van der Waals surface area contributed by atoms with Crippen molar-refractivity contribution in [2.24, 2.45) is 0 Å². The third kappa shape index (κ3) is 4.43. The fourth-order valence-electron chi connectivity index (χ4n) is 2.56. The zero-order valence-corrected chi connectivity index (χ0v) is 14.7. The van der Waals surface area contributed by atoms with E-state index < -0.39 is 9.84 Å². The van der Waals surface area contributed by atoms with E-state index in [1.165, 1.54) is 6.26 Å². The lowest BCUT2D eigenvalue weighted by Gasteiger charge is -2.23. The third-order valence-electron chi connectivity index (χ3n) is 3.51. The van der Waals surface area contributed by atoms with Gasteiger partial charge in [0.05, 0.1) is 19.5 Å². The van der Waals surface area contributed by atoms with E-state index in [1.54, 1.807) is 18.9 Å². The molecule has 0 spiro atoms. The van der Waals surface area contributed by atoms with Gasteiger partial charge in [-0.15, -0.1) is 11.8 Å². The first-order valence-electron chi connectivity index (χ1n) is 7.21. The van der Waals surface area contributed by atoms with Gasteiger partial charge in [0.2, 0.25) is 0 Å². The molecule has 0 radical (unpaired) electrons. The van der Waals surface area contributed by atoms with Gasteiger partial charge in [-0.1, -0.05) is 18.2 Å². The maximum Gasteiger partial charge on any atom is 0.161 e. The van der Waals surface area contributed by atoms with Gasteiger partial charge < -0.3 is 9.47 Å². The van der Waals surface area contributed by atoms with Crippen molar-refractivity contribution in [2.75, 3.05) is 31.5 Å². The summed E-state index contributed by atoms with van der Waals surface area (Å²) in [6.07, 6.45) is 5.49. The van der Waals surface area contributed by atoms with E-state index in [0.29, 0.717) is 18.1 Å². The first-order valence-corrected chi connectivity index (χ1v) is 10.3. The molecule has 22 heavy (non-hydrogen) atoms. The average Bonchev–Trinajstić information content (AvgIpc) is 2.98. The maximum atomic E-state index is 11.8. The van der Waals surface area contributed by atoms with Gasteiger partial charge in [-0.05, 0) is 24.6 Å². The zero-order chi connectivity index (χ0) is 16.2. The fraction of sp³-hybridized carbons (Fsp3) is 0.500. The van der Waals surface area contributed by atoms with Crippen LogP contribution in [0.25, 0.3) is 0 Å². The molecular weight excluding hydrogens is 320 g/mol. The molecule has 0 saturated carbocycles. The Balaban J connectivity index is 2.37. The summed E-state index contributed by atoms with van der Waals surface area (Å²) >= 11 is 1.77. The normalized spacial score (nSPS) is 19.1. The number of rotatable bonds is 7. The number of ether oxygens (including phenoxy) is 2. The molecule has 4 nitrogen and oxygen atoms in total. The summed E-state index contributed by atoms with van der Waals surface area (Å²) in [7, 11) is -1.47. The second-order valence-electron chi connectivity index (χ2n) is 5.27. The molecule has 0 amide bonds. The van der Waals surface area contributed by atoms with Crippen molar-refractivity contribution in [1.82, 2.24) is 0 Å². The standard InChI is InChI=1S/C16H22O4S2/c1-4-20-15-10-12(7-8-14(15)19-2)13(11-22(3,17)18)16-6-5-9-21-16/h5-8,10,13,16H,4,9,11H2,1-3H3/t13?,16-/m1/s1. The Kier molecular flexibility index (Phi) is 5.81. The van der Waals surface area contributed by atoms with Gasteiger partial charge >= 0.3 is 0 Å². The van der Waals surface area contributed by atoms with Crippen molar-refractivity contribution >= 4 is 21.6 Å². The van der Waals surface area contributed by atoms with Crippen molar-refractivity contribution in [3.8, 4) is 11.5 Å². The number of hydrogen-bond acceptors (Lipinski definition) is 5. The Morgan fingerprint density at radius 1 is 1.36 bits per heavy atom. The average molecular weight is 342 g/mol. The van der Waals surface area contributed by atoms with E-state index in [-0.39, 0.29) is 16.9 Å². The molecule has 1 aromatic carbocycles. The minimum atomic E-state index is -3.07. The molecule has 0 aromatic heterocycles. The number of sulfone groups is 1. The summed E-state index contributed by atoms with van der Waals surface area (Å²) in [4.78, 5) is 0. The Hall–Kier alpha value is -1.14.